The number of carboxylic acid groups (broad SMARTS) is 1. The quantitative estimate of drug-likeness (QED) is 0.493. The van der Waals surface area contributed by atoms with Gasteiger partial charge in [0.25, 0.3) is 0 Å². The number of hydrogen-bond donors (Lipinski definition) is 2. The van der Waals surface area contributed by atoms with E-state index >= 15 is 0 Å². The average molecular weight is 537 g/mol. The van der Waals surface area contributed by atoms with E-state index in [9.17, 15) is 19.1 Å². The summed E-state index contributed by atoms with van der Waals surface area (Å²) in [6, 6.07) is 2.90. The molecule has 1 aromatic heterocycles. The van der Waals surface area contributed by atoms with Crippen molar-refractivity contribution in [1.82, 2.24) is 15.2 Å². The van der Waals surface area contributed by atoms with Gasteiger partial charge in [-0.15, -0.1) is 11.3 Å². The summed E-state index contributed by atoms with van der Waals surface area (Å²) in [6.07, 6.45) is 1.83. The van der Waals surface area contributed by atoms with Crippen LogP contribution in [0.2, 0.25) is 5.02 Å². The number of aliphatic carboxylic acids is 1. The highest BCUT2D eigenvalue weighted by molar-refractivity contribution is 7.11. The Bertz CT molecular complexity index is 1190. The van der Waals surface area contributed by atoms with Gasteiger partial charge in [-0.2, -0.15) is 0 Å². The van der Waals surface area contributed by atoms with Crippen LogP contribution in [0.5, 0.6) is 0 Å². The number of thiazole rings is 1. The number of rotatable bonds is 8. The lowest BCUT2D eigenvalue weighted by Crippen LogP contribution is -2.52. The fraction of sp³-hybridized carbons (Fsp3) is 0.417. The van der Waals surface area contributed by atoms with Crippen molar-refractivity contribution in [2.75, 3.05) is 26.8 Å². The van der Waals surface area contributed by atoms with Crippen LogP contribution in [0.25, 0.3) is 0 Å². The lowest BCUT2D eigenvalue weighted by Gasteiger charge is -2.41. The number of halogens is 2. The van der Waals surface area contributed by atoms with Gasteiger partial charge in [0.1, 0.15) is 11.9 Å². The predicted molar refractivity (Wildman–Crippen MR) is 133 cm³/mol. The van der Waals surface area contributed by atoms with Gasteiger partial charge in [0.2, 0.25) is 0 Å². The number of methoxy groups -OCH3 is 1. The monoisotopic (exact) mass is 536 g/mol. The first-order valence-electron chi connectivity index (χ1n) is 11.4. The van der Waals surface area contributed by atoms with Crippen LogP contribution in [0.4, 0.5) is 4.39 Å². The lowest BCUT2D eigenvalue weighted by atomic mass is 9.94. The van der Waals surface area contributed by atoms with Crippen LogP contribution < -0.4 is 5.32 Å². The molecule has 3 atom stereocenters. The summed E-state index contributed by atoms with van der Waals surface area (Å²) in [4.78, 5) is 35.5. The third kappa shape index (κ3) is 5.75. The number of morpholine rings is 1. The van der Waals surface area contributed by atoms with Gasteiger partial charge in [0, 0.05) is 53.4 Å². The van der Waals surface area contributed by atoms with Crippen molar-refractivity contribution in [3.05, 3.63) is 62.5 Å². The lowest BCUT2D eigenvalue weighted by molar-refractivity contribution is -0.138. The Balaban J connectivity index is 1.78. The van der Waals surface area contributed by atoms with Crippen molar-refractivity contribution in [3.8, 4) is 0 Å². The zero-order valence-corrected chi connectivity index (χ0v) is 21.3. The Kier molecular flexibility index (Phi) is 8.35. The van der Waals surface area contributed by atoms with Crippen molar-refractivity contribution in [1.29, 1.82) is 0 Å². The van der Waals surface area contributed by atoms with Crippen LogP contribution in [0.15, 0.2) is 46.0 Å². The van der Waals surface area contributed by atoms with Crippen molar-refractivity contribution < 1.29 is 28.6 Å². The molecule has 192 valence electrons. The minimum absolute atomic E-state index is 0.00909. The third-order valence-corrected chi connectivity index (χ3v) is 7.32. The molecule has 0 amide bonds. The average Bonchev–Trinajstić information content (AvgIpc) is 3.38. The SMILES string of the molecule is COC(=O)C1=C(CN2CCO[C@@H](C)[C@@H]2CCC(=O)O)NC(c2nccs2)=NC1c1ccc(F)cc1Cl. The number of hydrogen-bond acceptors (Lipinski definition) is 9. The topological polar surface area (TPSA) is 113 Å². The zero-order valence-electron chi connectivity index (χ0n) is 19.7. The van der Waals surface area contributed by atoms with Crippen molar-refractivity contribution in [2.45, 2.75) is 38.0 Å². The van der Waals surface area contributed by atoms with Gasteiger partial charge in [0.15, 0.2) is 10.8 Å². The van der Waals surface area contributed by atoms with Crippen molar-refractivity contribution in [3.63, 3.8) is 0 Å². The first-order chi connectivity index (χ1) is 17.3. The standard InChI is InChI=1S/C24H26ClFN4O5S/c1-13-18(5-6-19(31)32)30(8-9-35-13)12-17-20(24(33)34-2)21(15-4-3-14(26)11-16(15)25)29-22(28-17)23-27-7-10-36-23/h3-4,7,10-11,13,18,21H,5-6,8-9,12H2,1-2H3,(H,28,29)(H,31,32)/t13-,18-,21?/m0/s1. The maximum atomic E-state index is 13.8. The van der Waals surface area contributed by atoms with E-state index < -0.39 is 23.8 Å². The summed E-state index contributed by atoms with van der Waals surface area (Å²) in [7, 11) is 1.28. The number of aliphatic imine (C=N–C) groups is 1. The minimum atomic E-state index is -0.887. The van der Waals surface area contributed by atoms with Gasteiger partial charge < -0.3 is 19.9 Å². The molecule has 1 fully saturated rings. The van der Waals surface area contributed by atoms with Gasteiger partial charge in [-0.1, -0.05) is 17.7 Å². The summed E-state index contributed by atoms with van der Waals surface area (Å²) in [5.41, 5.74) is 1.22. The van der Waals surface area contributed by atoms with Gasteiger partial charge in [-0.3, -0.25) is 14.7 Å². The van der Waals surface area contributed by atoms with E-state index in [2.05, 4.69) is 15.2 Å². The number of benzene rings is 1. The third-order valence-electron chi connectivity index (χ3n) is 6.21. The Morgan fingerprint density at radius 3 is 2.89 bits per heavy atom. The molecule has 1 aromatic carbocycles. The van der Waals surface area contributed by atoms with Crippen LogP contribution in [0, 0.1) is 5.82 Å². The summed E-state index contributed by atoms with van der Waals surface area (Å²) < 4.78 is 24.7. The van der Waals surface area contributed by atoms with Gasteiger partial charge >= 0.3 is 11.9 Å². The van der Waals surface area contributed by atoms with E-state index in [0.29, 0.717) is 41.7 Å². The molecule has 9 nitrogen and oxygen atoms in total. The molecule has 2 N–H and O–H groups in total. The molecular weight excluding hydrogens is 511 g/mol. The zero-order chi connectivity index (χ0) is 25.8. The fourth-order valence-electron chi connectivity index (χ4n) is 4.49. The Labute approximate surface area is 216 Å². The molecule has 0 saturated carbocycles. The molecule has 2 aliphatic heterocycles. The molecule has 2 aliphatic rings. The van der Waals surface area contributed by atoms with E-state index in [4.69, 9.17) is 26.1 Å². The van der Waals surface area contributed by atoms with Gasteiger partial charge in [-0.05, 0) is 25.5 Å². The second-order valence-corrected chi connectivity index (χ2v) is 9.74. The molecule has 0 bridgehead atoms. The Morgan fingerprint density at radius 2 is 2.22 bits per heavy atom. The molecule has 4 rings (SSSR count). The summed E-state index contributed by atoms with van der Waals surface area (Å²) in [5, 5.41) is 15.0. The number of ether oxygens (including phenoxy) is 2. The number of carbonyl (C=O) groups is 2. The van der Waals surface area contributed by atoms with Crippen molar-refractivity contribution in [2.24, 2.45) is 4.99 Å². The van der Waals surface area contributed by atoms with Crippen molar-refractivity contribution >= 4 is 40.7 Å². The normalized spacial score (nSPS) is 22.7. The molecule has 0 radical (unpaired) electrons. The summed E-state index contributed by atoms with van der Waals surface area (Å²) >= 11 is 7.78. The number of aromatic nitrogens is 1. The molecule has 36 heavy (non-hydrogen) atoms. The molecule has 12 heteroatoms. The van der Waals surface area contributed by atoms with Gasteiger partial charge in [-0.25, -0.2) is 14.2 Å². The van der Waals surface area contributed by atoms with Gasteiger partial charge in [0.05, 0.1) is 25.4 Å². The van der Waals surface area contributed by atoms with Crippen LogP contribution in [0.3, 0.4) is 0 Å². The molecule has 1 saturated heterocycles. The minimum Gasteiger partial charge on any atom is -0.481 e. The number of carboxylic acids is 1. The van der Waals surface area contributed by atoms with Crippen LogP contribution in [-0.4, -0.2) is 71.7 Å². The maximum Gasteiger partial charge on any atom is 0.338 e. The number of esters is 1. The fourth-order valence-corrected chi connectivity index (χ4v) is 5.34. The highest BCUT2D eigenvalue weighted by atomic mass is 35.5. The van der Waals surface area contributed by atoms with Crippen LogP contribution >= 0.6 is 22.9 Å². The number of carbonyl (C=O) groups excluding carboxylic acids is 1. The van der Waals surface area contributed by atoms with E-state index in [1.807, 2.05) is 12.3 Å². The number of nitrogens with zero attached hydrogens (tertiary/aromatic N) is 3. The first-order valence-corrected chi connectivity index (χ1v) is 12.6. The Hall–Kier alpha value is -2.86. The van der Waals surface area contributed by atoms with Crippen LogP contribution in [-0.2, 0) is 19.1 Å². The Morgan fingerprint density at radius 1 is 1.42 bits per heavy atom. The van der Waals surface area contributed by atoms with E-state index in [-0.39, 0.29) is 35.7 Å². The highest BCUT2D eigenvalue weighted by Crippen LogP contribution is 2.37. The molecular formula is C24H26ClFN4O5S. The second kappa shape index (κ2) is 11.5. The molecule has 0 aliphatic carbocycles. The molecule has 0 spiro atoms. The summed E-state index contributed by atoms with van der Waals surface area (Å²) in [5.74, 6) is -1.55. The molecule has 2 aromatic rings. The molecule has 3 heterocycles. The summed E-state index contributed by atoms with van der Waals surface area (Å²) in [6.45, 7) is 3.19. The second-order valence-electron chi connectivity index (χ2n) is 8.44. The largest absolute Gasteiger partial charge is 0.481 e. The smallest absolute Gasteiger partial charge is 0.338 e. The molecule has 1 unspecified atom stereocenters. The van der Waals surface area contributed by atoms with E-state index in [0.717, 1.165) is 0 Å². The first kappa shape index (κ1) is 26.2. The maximum absolute atomic E-state index is 13.8. The number of amidine groups is 1. The van der Waals surface area contributed by atoms with E-state index in [1.165, 1.54) is 36.6 Å². The predicted octanol–water partition coefficient (Wildman–Crippen LogP) is 3.41. The van der Waals surface area contributed by atoms with E-state index in [1.54, 1.807) is 6.20 Å². The highest BCUT2D eigenvalue weighted by Gasteiger charge is 2.37. The number of nitrogens with one attached hydrogen (secondary N) is 1. The van der Waals surface area contributed by atoms with Crippen LogP contribution in [0.1, 0.15) is 36.4 Å².